The van der Waals surface area contributed by atoms with Crippen LogP contribution < -0.4 is 4.74 Å². The van der Waals surface area contributed by atoms with Crippen LogP contribution in [-0.2, 0) is 0 Å². The maximum atomic E-state index is 11.1. The molecule has 1 aromatic heterocycles. The number of hydrogen-bond acceptors (Lipinski definition) is 5. The van der Waals surface area contributed by atoms with E-state index in [2.05, 4.69) is 27.0 Å². The van der Waals surface area contributed by atoms with E-state index >= 15 is 0 Å². The fourth-order valence-corrected chi connectivity index (χ4v) is 2.22. The highest BCUT2D eigenvalue weighted by molar-refractivity contribution is 9.10. The third-order valence-corrected chi connectivity index (χ3v) is 3.22. The summed E-state index contributed by atoms with van der Waals surface area (Å²) < 4.78 is 6.10. The van der Waals surface area contributed by atoms with Crippen LogP contribution in [0.2, 0.25) is 0 Å². The summed E-state index contributed by atoms with van der Waals surface area (Å²) in [4.78, 5) is 14.4. The van der Waals surface area contributed by atoms with Gasteiger partial charge in [-0.15, -0.1) is 0 Å². The average Bonchev–Trinajstić information content (AvgIpc) is 2.43. The molecule has 0 aliphatic rings. The Labute approximate surface area is 129 Å². The van der Waals surface area contributed by atoms with Crippen molar-refractivity contribution >= 4 is 21.6 Å². The van der Waals surface area contributed by atoms with E-state index in [0.29, 0.717) is 26.9 Å². The van der Waals surface area contributed by atoms with Gasteiger partial charge in [-0.25, -0.2) is 4.98 Å². The molecular formula is C14H10BrN3O3. The van der Waals surface area contributed by atoms with Crippen molar-refractivity contribution in [2.45, 2.75) is 13.8 Å². The molecular weight excluding hydrogens is 338 g/mol. The normalized spacial score (nSPS) is 10.0. The first-order valence-electron chi connectivity index (χ1n) is 5.91. The summed E-state index contributed by atoms with van der Waals surface area (Å²) >= 11 is 3.14. The van der Waals surface area contributed by atoms with E-state index in [1.54, 1.807) is 26.0 Å². The van der Waals surface area contributed by atoms with Gasteiger partial charge in [0.2, 0.25) is 0 Å². The van der Waals surface area contributed by atoms with Gasteiger partial charge in [-0.05, 0) is 53.0 Å². The Bertz CT molecular complexity index is 746. The number of nitrogens with zero attached hydrogens (tertiary/aromatic N) is 3. The van der Waals surface area contributed by atoms with Gasteiger partial charge in [-0.1, -0.05) is 0 Å². The molecule has 0 radical (unpaired) electrons. The van der Waals surface area contributed by atoms with Gasteiger partial charge in [0.1, 0.15) is 5.75 Å². The summed E-state index contributed by atoms with van der Waals surface area (Å²) in [7, 11) is 0. The molecule has 0 aliphatic carbocycles. The third kappa shape index (κ3) is 3.17. The highest BCUT2D eigenvalue weighted by atomic mass is 79.9. The molecule has 0 saturated carbocycles. The summed E-state index contributed by atoms with van der Waals surface area (Å²) in [5, 5.41) is 20.0. The van der Waals surface area contributed by atoms with Crippen LogP contribution in [0.25, 0.3) is 0 Å². The summed E-state index contributed by atoms with van der Waals surface area (Å²) in [6, 6.07) is 6.70. The topological polar surface area (TPSA) is 89.0 Å². The van der Waals surface area contributed by atoms with Crippen LogP contribution in [0, 0.1) is 35.3 Å². The van der Waals surface area contributed by atoms with Gasteiger partial charge in [0, 0.05) is 16.7 Å². The lowest BCUT2D eigenvalue weighted by molar-refractivity contribution is -0.386. The second kappa shape index (κ2) is 5.89. The van der Waals surface area contributed by atoms with Crippen LogP contribution in [-0.4, -0.2) is 9.91 Å². The highest BCUT2D eigenvalue weighted by Gasteiger charge is 2.20. The molecule has 0 N–H and O–H groups in total. The number of pyridine rings is 1. The summed E-state index contributed by atoms with van der Waals surface area (Å²) in [6.45, 7) is 3.54. The van der Waals surface area contributed by atoms with Gasteiger partial charge in [0.15, 0.2) is 0 Å². The van der Waals surface area contributed by atoms with E-state index in [4.69, 9.17) is 10.00 Å². The first kappa shape index (κ1) is 14.9. The molecule has 0 aliphatic heterocycles. The monoisotopic (exact) mass is 347 g/mol. The Morgan fingerprint density at radius 1 is 1.33 bits per heavy atom. The van der Waals surface area contributed by atoms with Crippen molar-refractivity contribution in [2.75, 3.05) is 0 Å². The number of hydrogen-bond donors (Lipinski definition) is 0. The van der Waals surface area contributed by atoms with E-state index in [9.17, 15) is 10.1 Å². The third-order valence-electron chi connectivity index (χ3n) is 2.78. The van der Waals surface area contributed by atoms with Gasteiger partial charge in [-0.2, -0.15) is 5.26 Å². The molecule has 1 aromatic carbocycles. The fourth-order valence-electron chi connectivity index (χ4n) is 1.90. The lowest BCUT2D eigenvalue weighted by Gasteiger charge is -2.11. The zero-order chi connectivity index (χ0) is 15.6. The molecule has 6 nitrogen and oxygen atoms in total. The first-order chi connectivity index (χ1) is 9.92. The van der Waals surface area contributed by atoms with Crippen LogP contribution >= 0.6 is 15.9 Å². The van der Waals surface area contributed by atoms with Gasteiger partial charge in [0.25, 0.3) is 5.88 Å². The minimum absolute atomic E-state index is 0.0842. The van der Waals surface area contributed by atoms with Crippen molar-refractivity contribution in [1.82, 2.24) is 4.98 Å². The summed E-state index contributed by atoms with van der Waals surface area (Å²) in [6.07, 6.45) is 1.43. The largest absolute Gasteiger partial charge is 0.433 e. The van der Waals surface area contributed by atoms with Crippen molar-refractivity contribution in [3.05, 3.63) is 55.7 Å². The minimum Gasteiger partial charge on any atom is -0.433 e. The SMILES string of the molecule is Cc1cc(C#N)cc(C)c1Oc1ncc(Br)cc1[N+](=O)[O-]. The maximum Gasteiger partial charge on any atom is 0.332 e. The van der Waals surface area contributed by atoms with E-state index < -0.39 is 4.92 Å². The second-order valence-corrected chi connectivity index (χ2v) is 5.30. The van der Waals surface area contributed by atoms with Gasteiger partial charge in [0.05, 0.1) is 16.6 Å². The second-order valence-electron chi connectivity index (χ2n) is 4.39. The quantitative estimate of drug-likeness (QED) is 0.617. The Kier molecular flexibility index (Phi) is 4.19. The standard InChI is InChI=1S/C14H10BrN3O3/c1-8-3-10(6-16)4-9(2)13(8)21-14-12(18(19)20)5-11(15)7-17-14/h3-5,7H,1-2H3. The zero-order valence-electron chi connectivity index (χ0n) is 11.3. The molecule has 1 heterocycles. The summed E-state index contributed by atoms with van der Waals surface area (Å²) in [5.41, 5.74) is 1.71. The van der Waals surface area contributed by atoms with E-state index in [0.717, 1.165) is 0 Å². The first-order valence-corrected chi connectivity index (χ1v) is 6.71. The predicted molar refractivity (Wildman–Crippen MR) is 79.3 cm³/mol. The van der Waals surface area contributed by atoms with Crippen molar-refractivity contribution in [2.24, 2.45) is 0 Å². The number of ether oxygens (including phenoxy) is 1. The van der Waals surface area contributed by atoms with Crippen LogP contribution in [0.1, 0.15) is 16.7 Å². The van der Waals surface area contributed by atoms with E-state index in [1.807, 2.05) is 0 Å². The number of nitro groups is 1. The molecule has 0 bridgehead atoms. The molecule has 106 valence electrons. The predicted octanol–water partition coefficient (Wildman–Crippen LogP) is 4.03. The molecule has 21 heavy (non-hydrogen) atoms. The average molecular weight is 348 g/mol. The number of aromatic nitrogens is 1. The van der Waals surface area contributed by atoms with Crippen LogP contribution in [0.4, 0.5) is 5.69 Å². The van der Waals surface area contributed by atoms with Crippen LogP contribution in [0.3, 0.4) is 0 Å². The zero-order valence-corrected chi connectivity index (χ0v) is 12.8. The molecule has 0 unspecified atom stereocenters. The molecule has 2 rings (SSSR count). The van der Waals surface area contributed by atoms with Gasteiger partial charge in [-0.3, -0.25) is 10.1 Å². The minimum atomic E-state index is -0.554. The highest BCUT2D eigenvalue weighted by Crippen LogP contribution is 2.34. The van der Waals surface area contributed by atoms with Crippen molar-refractivity contribution in [1.29, 1.82) is 5.26 Å². The number of nitriles is 1. The van der Waals surface area contributed by atoms with Crippen molar-refractivity contribution < 1.29 is 9.66 Å². The molecule has 2 aromatic rings. The lowest BCUT2D eigenvalue weighted by atomic mass is 10.1. The van der Waals surface area contributed by atoms with Crippen LogP contribution in [0.15, 0.2) is 28.9 Å². The van der Waals surface area contributed by atoms with Crippen molar-refractivity contribution in [3.8, 4) is 17.7 Å². The number of halogens is 1. The number of benzene rings is 1. The fraction of sp³-hybridized carbons (Fsp3) is 0.143. The lowest BCUT2D eigenvalue weighted by Crippen LogP contribution is -1.99. The van der Waals surface area contributed by atoms with Crippen LogP contribution in [0.5, 0.6) is 11.6 Å². The van der Waals surface area contributed by atoms with Gasteiger partial charge >= 0.3 is 5.69 Å². The Morgan fingerprint density at radius 3 is 2.48 bits per heavy atom. The molecule has 0 saturated heterocycles. The molecule has 0 fully saturated rings. The number of aryl methyl sites for hydroxylation is 2. The maximum absolute atomic E-state index is 11.1. The molecule has 0 amide bonds. The number of rotatable bonds is 3. The Balaban J connectivity index is 2.49. The molecule has 7 heteroatoms. The van der Waals surface area contributed by atoms with E-state index in [1.165, 1.54) is 12.3 Å². The smallest absolute Gasteiger partial charge is 0.332 e. The van der Waals surface area contributed by atoms with Gasteiger partial charge < -0.3 is 4.74 Å². The molecule has 0 atom stereocenters. The summed E-state index contributed by atoms with van der Waals surface area (Å²) in [5.74, 6) is 0.381. The Morgan fingerprint density at radius 2 is 1.95 bits per heavy atom. The van der Waals surface area contributed by atoms with Crippen molar-refractivity contribution in [3.63, 3.8) is 0 Å². The Hall–Kier alpha value is -2.46. The van der Waals surface area contributed by atoms with E-state index in [-0.39, 0.29) is 11.6 Å². The molecule has 0 spiro atoms.